The summed E-state index contributed by atoms with van der Waals surface area (Å²) < 4.78 is 5.75. The van der Waals surface area contributed by atoms with Gasteiger partial charge in [0.05, 0.1) is 18.6 Å². The maximum absolute atomic E-state index is 10.8. The van der Waals surface area contributed by atoms with Gasteiger partial charge in [0.25, 0.3) is 0 Å². The van der Waals surface area contributed by atoms with E-state index in [1.165, 1.54) is 25.7 Å². The van der Waals surface area contributed by atoms with Gasteiger partial charge in [-0.15, -0.1) is 0 Å². The number of rotatable bonds is 2. The number of aliphatic carboxylic acids is 1. The van der Waals surface area contributed by atoms with Crippen LogP contribution in [0.3, 0.4) is 0 Å². The van der Waals surface area contributed by atoms with Gasteiger partial charge in [-0.05, 0) is 37.5 Å². The second kappa shape index (κ2) is 5.17. The normalized spacial score (nSPS) is 40.6. The number of hydrogen-bond acceptors (Lipinski definition) is 2. The Kier molecular flexibility index (Phi) is 3.85. The lowest BCUT2D eigenvalue weighted by Crippen LogP contribution is -2.36. The van der Waals surface area contributed by atoms with Gasteiger partial charge in [0.15, 0.2) is 0 Å². The Morgan fingerprint density at radius 1 is 1.12 bits per heavy atom. The van der Waals surface area contributed by atoms with Crippen molar-refractivity contribution >= 4 is 5.97 Å². The molecule has 3 nitrogen and oxygen atoms in total. The van der Waals surface area contributed by atoms with Crippen LogP contribution in [0.25, 0.3) is 0 Å². The lowest BCUT2D eigenvalue weighted by molar-refractivity contribution is -0.150. The standard InChI is InChI=1S/C13H22O3/c1-9-2-4-10(5-3-9)12-7-6-11(8-16-12)13(14)15/h9-12H,2-8H2,1H3,(H,14,15). The van der Waals surface area contributed by atoms with Gasteiger partial charge in [-0.2, -0.15) is 0 Å². The van der Waals surface area contributed by atoms with Gasteiger partial charge in [0.1, 0.15) is 0 Å². The molecule has 0 aromatic heterocycles. The number of ether oxygens (including phenoxy) is 1. The van der Waals surface area contributed by atoms with E-state index in [9.17, 15) is 4.79 Å². The third-order valence-electron chi connectivity index (χ3n) is 4.25. The minimum Gasteiger partial charge on any atom is -0.481 e. The third kappa shape index (κ3) is 2.76. The second-order valence-electron chi connectivity index (χ2n) is 5.50. The van der Waals surface area contributed by atoms with Crippen LogP contribution in [0.15, 0.2) is 0 Å². The summed E-state index contributed by atoms with van der Waals surface area (Å²) in [4.78, 5) is 10.8. The van der Waals surface area contributed by atoms with Gasteiger partial charge in [-0.3, -0.25) is 4.79 Å². The SMILES string of the molecule is CC1CCC(C2CCC(C(=O)O)CO2)CC1. The molecule has 0 bridgehead atoms. The molecule has 92 valence electrons. The Bertz CT molecular complexity index is 236. The molecule has 0 aromatic carbocycles. The topological polar surface area (TPSA) is 46.5 Å². The molecule has 0 radical (unpaired) electrons. The molecule has 2 rings (SSSR count). The largest absolute Gasteiger partial charge is 0.481 e. The van der Waals surface area contributed by atoms with Gasteiger partial charge in [0.2, 0.25) is 0 Å². The lowest BCUT2D eigenvalue weighted by Gasteiger charge is -2.36. The van der Waals surface area contributed by atoms with Crippen LogP contribution in [0.4, 0.5) is 0 Å². The first-order valence-electron chi connectivity index (χ1n) is 6.51. The fraction of sp³-hybridized carbons (Fsp3) is 0.923. The molecule has 0 amide bonds. The fourth-order valence-corrected chi connectivity index (χ4v) is 3.00. The Morgan fingerprint density at radius 3 is 2.31 bits per heavy atom. The molecule has 1 saturated carbocycles. The first-order valence-corrected chi connectivity index (χ1v) is 6.51. The van der Waals surface area contributed by atoms with Crippen LogP contribution in [-0.2, 0) is 9.53 Å². The van der Waals surface area contributed by atoms with E-state index >= 15 is 0 Å². The van der Waals surface area contributed by atoms with Crippen molar-refractivity contribution in [2.24, 2.45) is 17.8 Å². The van der Waals surface area contributed by atoms with E-state index < -0.39 is 5.97 Å². The molecule has 2 fully saturated rings. The smallest absolute Gasteiger partial charge is 0.308 e. The van der Waals surface area contributed by atoms with E-state index in [4.69, 9.17) is 9.84 Å². The zero-order valence-corrected chi connectivity index (χ0v) is 10.0. The zero-order chi connectivity index (χ0) is 11.5. The van der Waals surface area contributed by atoms with Crippen LogP contribution >= 0.6 is 0 Å². The van der Waals surface area contributed by atoms with E-state index in [0.717, 1.165) is 18.8 Å². The number of carbonyl (C=O) groups is 1. The van der Waals surface area contributed by atoms with Gasteiger partial charge >= 0.3 is 5.97 Å². The van der Waals surface area contributed by atoms with Crippen molar-refractivity contribution in [3.05, 3.63) is 0 Å². The van der Waals surface area contributed by atoms with Crippen molar-refractivity contribution in [1.29, 1.82) is 0 Å². The Hall–Kier alpha value is -0.570. The summed E-state index contributed by atoms with van der Waals surface area (Å²) in [5.74, 6) is 0.590. The summed E-state index contributed by atoms with van der Waals surface area (Å²) in [5, 5.41) is 8.89. The number of carboxylic acids is 1. The van der Waals surface area contributed by atoms with Crippen LogP contribution in [0.5, 0.6) is 0 Å². The minimum absolute atomic E-state index is 0.265. The van der Waals surface area contributed by atoms with E-state index in [2.05, 4.69) is 6.92 Å². The molecule has 2 aliphatic rings. The van der Waals surface area contributed by atoms with Crippen LogP contribution < -0.4 is 0 Å². The first kappa shape index (κ1) is 11.9. The molecule has 1 aliphatic carbocycles. The number of carboxylic acid groups (broad SMARTS) is 1. The molecule has 1 saturated heterocycles. The van der Waals surface area contributed by atoms with Crippen molar-refractivity contribution in [3.63, 3.8) is 0 Å². The van der Waals surface area contributed by atoms with Gasteiger partial charge in [0, 0.05) is 0 Å². The molecular weight excluding hydrogens is 204 g/mol. The Labute approximate surface area is 97.2 Å². The second-order valence-corrected chi connectivity index (χ2v) is 5.50. The van der Waals surface area contributed by atoms with Gasteiger partial charge < -0.3 is 9.84 Å². The fourth-order valence-electron chi connectivity index (χ4n) is 3.00. The van der Waals surface area contributed by atoms with Crippen LogP contribution in [0.1, 0.15) is 45.4 Å². The molecule has 3 heteroatoms. The molecule has 1 N–H and O–H groups in total. The predicted molar refractivity (Wildman–Crippen MR) is 61.2 cm³/mol. The molecule has 0 aromatic rings. The highest BCUT2D eigenvalue weighted by Crippen LogP contribution is 2.35. The Morgan fingerprint density at radius 2 is 1.81 bits per heavy atom. The summed E-state index contributed by atoms with van der Waals surface area (Å²) >= 11 is 0. The molecule has 0 spiro atoms. The predicted octanol–water partition coefficient (Wildman–Crippen LogP) is 2.69. The van der Waals surface area contributed by atoms with Crippen LogP contribution in [-0.4, -0.2) is 23.8 Å². The summed E-state index contributed by atoms with van der Waals surface area (Å²) in [5.41, 5.74) is 0. The summed E-state index contributed by atoms with van der Waals surface area (Å²) in [7, 11) is 0. The summed E-state index contributed by atoms with van der Waals surface area (Å²) in [6, 6.07) is 0. The van der Waals surface area contributed by atoms with Gasteiger partial charge in [-0.1, -0.05) is 19.8 Å². The van der Waals surface area contributed by atoms with E-state index in [1.54, 1.807) is 0 Å². The van der Waals surface area contributed by atoms with Crippen molar-refractivity contribution in [2.75, 3.05) is 6.61 Å². The van der Waals surface area contributed by atoms with Crippen molar-refractivity contribution < 1.29 is 14.6 Å². The monoisotopic (exact) mass is 226 g/mol. The van der Waals surface area contributed by atoms with Crippen molar-refractivity contribution in [3.8, 4) is 0 Å². The lowest BCUT2D eigenvalue weighted by atomic mass is 9.78. The molecule has 2 atom stereocenters. The number of hydrogen-bond donors (Lipinski definition) is 1. The highest BCUT2D eigenvalue weighted by Gasteiger charge is 2.32. The zero-order valence-electron chi connectivity index (χ0n) is 10.0. The quantitative estimate of drug-likeness (QED) is 0.787. The van der Waals surface area contributed by atoms with Crippen LogP contribution in [0.2, 0.25) is 0 Å². The average molecular weight is 226 g/mol. The van der Waals surface area contributed by atoms with E-state index in [1.807, 2.05) is 0 Å². The average Bonchev–Trinajstić information content (AvgIpc) is 2.30. The van der Waals surface area contributed by atoms with Crippen molar-refractivity contribution in [1.82, 2.24) is 0 Å². The van der Waals surface area contributed by atoms with Crippen molar-refractivity contribution in [2.45, 2.75) is 51.6 Å². The third-order valence-corrected chi connectivity index (χ3v) is 4.25. The first-order chi connectivity index (χ1) is 7.66. The molecule has 2 unspecified atom stereocenters. The van der Waals surface area contributed by atoms with Gasteiger partial charge in [-0.25, -0.2) is 0 Å². The maximum atomic E-state index is 10.8. The van der Waals surface area contributed by atoms with E-state index in [0.29, 0.717) is 18.6 Å². The molecule has 16 heavy (non-hydrogen) atoms. The highest BCUT2D eigenvalue weighted by atomic mass is 16.5. The molecule has 1 aliphatic heterocycles. The van der Waals surface area contributed by atoms with E-state index in [-0.39, 0.29) is 5.92 Å². The minimum atomic E-state index is -0.698. The summed E-state index contributed by atoms with van der Waals surface area (Å²) in [6.45, 7) is 2.74. The Balaban J connectivity index is 1.78. The maximum Gasteiger partial charge on any atom is 0.308 e. The highest BCUT2D eigenvalue weighted by molar-refractivity contribution is 5.70. The molecular formula is C13H22O3. The summed E-state index contributed by atoms with van der Waals surface area (Å²) in [6.07, 6.45) is 7.23. The molecule has 1 heterocycles. The van der Waals surface area contributed by atoms with Crippen LogP contribution in [0, 0.1) is 17.8 Å².